The molecule has 4 heterocycles. The number of aromatic nitrogens is 4. The number of nitrogens with zero attached hydrogens (tertiary/aromatic N) is 3. The van der Waals surface area contributed by atoms with E-state index in [1.165, 1.54) is 54.1 Å². The van der Waals surface area contributed by atoms with Crippen molar-refractivity contribution < 1.29 is 0 Å². The van der Waals surface area contributed by atoms with Crippen molar-refractivity contribution in [1.82, 2.24) is 19.5 Å². The number of H-pyrrole nitrogens is 1. The van der Waals surface area contributed by atoms with E-state index in [9.17, 15) is 0 Å². The molecule has 0 amide bonds. The zero-order valence-electron chi connectivity index (χ0n) is 13.6. The summed E-state index contributed by atoms with van der Waals surface area (Å²) in [7, 11) is 0. The number of rotatable bonds is 2. The first kappa shape index (κ1) is 13.8. The molecule has 0 aliphatic heterocycles. The van der Waals surface area contributed by atoms with Crippen molar-refractivity contribution >= 4 is 21.9 Å². The Hall–Kier alpha value is -2.62. The molecule has 0 atom stereocenters. The highest BCUT2D eigenvalue weighted by molar-refractivity contribution is 6.04. The minimum absolute atomic E-state index is 0.550. The van der Waals surface area contributed by atoms with E-state index in [0.29, 0.717) is 6.04 Å². The molecule has 1 aliphatic carbocycles. The van der Waals surface area contributed by atoms with Crippen molar-refractivity contribution in [3.8, 4) is 11.4 Å². The van der Waals surface area contributed by atoms with Crippen LogP contribution >= 0.6 is 0 Å². The maximum Gasteiger partial charge on any atom is 0.139 e. The molecule has 24 heavy (non-hydrogen) atoms. The van der Waals surface area contributed by atoms with Gasteiger partial charge in [-0.15, -0.1) is 0 Å². The Bertz CT molecular complexity index is 991. The molecule has 1 aliphatic rings. The van der Waals surface area contributed by atoms with Gasteiger partial charge in [0.05, 0.1) is 16.9 Å². The Kier molecular flexibility index (Phi) is 3.15. The van der Waals surface area contributed by atoms with Crippen LogP contribution in [0.4, 0.5) is 0 Å². The molecule has 4 heteroatoms. The summed E-state index contributed by atoms with van der Waals surface area (Å²) in [6, 6.07) is 11.1. The summed E-state index contributed by atoms with van der Waals surface area (Å²) in [6.07, 6.45) is 12.3. The summed E-state index contributed by atoms with van der Waals surface area (Å²) in [5, 5.41) is 2.41. The van der Waals surface area contributed by atoms with Crippen LogP contribution < -0.4 is 0 Å². The fourth-order valence-electron chi connectivity index (χ4n) is 4.15. The van der Waals surface area contributed by atoms with Crippen LogP contribution in [0.2, 0.25) is 0 Å². The highest BCUT2D eigenvalue weighted by Gasteiger charge is 2.23. The van der Waals surface area contributed by atoms with E-state index < -0.39 is 0 Å². The summed E-state index contributed by atoms with van der Waals surface area (Å²) in [5.41, 5.74) is 4.52. The van der Waals surface area contributed by atoms with Gasteiger partial charge < -0.3 is 9.55 Å². The number of aromatic amines is 1. The van der Waals surface area contributed by atoms with Crippen LogP contribution in [0.25, 0.3) is 33.3 Å². The average molecular weight is 316 g/mol. The molecular formula is C20H20N4. The Morgan fingerprint density at radius 3 is 2.79 bits per heavy atom. The van der Waals surface area contributed by atoms with Crippen LogP contribution in [-0.4, -0.2) is 19.5 Å². The van der Waals surface area contributed by atoms with E-state index >= 15 is 0 Å². The van der Waals surface area contributed by atoms with Crippen LogP contribution in [0.3, 0.4) is 0 Å². The standard InChI is InChI=1S/C20H20N4/c1-2-6-15(7-3-1)24-18(17-8-4-5-10-21-17)12-14-13-23-20-16(19(14)24)9-11-22-20/h4-5,8-13,15H,1-3,6-7H2,(H,22,23). The molecule has 4 nitrogen and oxygen atoms in total. The fourth-order valence-corrected chi connectivity index (χ4v) is 4.15. The number of fused-ring (bicyclic) bond motifs is 3. The first-order chi connectivity index (χ1) is 11.9. The third kappa shape index (κ3) is 2.06. The lowest BCUT2D eigenvalue weighted by Gasteiger charge is -2.26. The molecule has 1 fully saturated rings. The highest BCUT2D eigenvalue weighted by Crippen LogP contribution is 2.39. The van der Waals surface area contributed by atoms with Crippen molar-refractivity contribution in [1.29, 1.82) is 0 Å². The molecule has 0 bridgehead atoms. The molecule has 5 rings (SSSR count). The lowest BCUT2D eigenvalue weighted by Crippen LogP contribution is -2.14. The minimum atomic E-state index is 0.550. The largest absolute Gasteiger partial charge is 0.346 e. The van der Waals surface area contributed by atoms with Gasteiger partial charge in [0.2, 0.25) is 0 Å². The minimum Gasteiger partial charge on any atom is -0.346 e. The maximum atomic E-state index is 4.62. The summed E-state index contributed by atoms with van der Waals surface area (Å²) in [5.74, 6) is 0. The van der Waals surface area contributed by atoms with Gasteiger partial charge in [-0.1, -0.05) is 25.3 Å². The molecule has 0 unspecified atom stereocenters. The number of hydrogen-bond donors (Lipinski definition) is 1. The second-order valence-electron chi connectivity index (χ2n) is 6.71. The van der Waals surface area contributed by atoms with Gasteiger partial charge in [0.15, 0.2) is 0 Å². The van der Waals surface area contributed by atoms with E-state index in [1.54, 1.807) is 0 Å². The van der Waals surface area contributed by atoms with Crippen LogP contribution in [-0.2, 0) is 0 Å². The molecule has 0 spiro atoms. The summed E-state index contributed by atoms with van der Waals surface area (Å²) in [6.45, 7) is 0. The molecule has 120 valence electrons. The topological polar surface area (TPSA) is 46.5 Å². The lowest BCUT2D eigenvalue weighted by molar-refractivity contribution is 0.363. The molecule has 0 saturated heterocycles. The van der Waals surface area contributed by atoms with Crippen molar-refractivity contribution in [2.45, 2.75) is 38.1 Å². The third-order valence-corrected chi connectivity index (χ3v) is 5.25. The Balaban J connectivity index is 1.84. The average Bonchev–Trinajstić information content (AvgIpc) is 3.27. The van der Waals surface area contributed by atoms with Crippen LogP contribution in [0.5, 0.6) is 0 Å². The van der Waals surface area contributed by atoms with Gasteiger partial charge in [0.1, 0.15) is 5.65 Å². The lowest BCUT2D eigenvalue weighted by atomic mass is 9.95. The van der Waals surface area contributed by atoms with Crippen molar-refractivity contribution in [3.05, 3.63) is 48.9 Å². The van der Waals surface area contributed by atoms with Gasteiger partial charge in [-0.05, 0) is 37.1 Å². The molecule has 4 aromatic heterocycles. The zero-order chi connectivity index (χ0) is 15.9. The first-order valence-electron chi connectivity index (χ1n) is 8.80. The molecule has 4 aromatic rings. The SMILES string of the molecule is c1ccc(-c2cc3cnc4[nH]ccc4c3n2C2CCCCC2)nc1. The zero-order valence-corrected chi connectivity index (χ0v) is 13.6. The van der Waals surface area contributed by atoms with Crippen molar-refractivity contribution in [3.63, 3.8) is 0 Å². The second kappa shape index (κ2) is 5.48. The monoisotopic (exact) mass is 316 g/mol. The van der Waals surface area contributed by atoms with E-state index in [-0.39, 0.29) is 0 Å². The normalized spacial score (nSPS) is 16.2. The van der Waals surface area contributed by atoms with E-state index in [4.69, 9.17) is 0 Å². The van der Waals surface area contributed by atoms with Gasteiger partial charge in [0, 0.05) is 35.4 Å². The smallest absolute Gasteiger partial charge is 0.139 e. The van der Waals surface area contributed by atoms with Crippen molar-refractivity contribution in [2.75, 3.05) is 0 Å². The first-order valence-corrected chi connectivity index (χ1v) is 8.80. The predicted octanol–water partition coefficient (Wildman–Crippen LogP) is 5.08. The van der Waals surface area contributed by atoms with Gasteiger partial charge in [0.25, 0.3) is 0 Å². The predicted molar refractivity (Wildman–Crippen MR) is 96.9 cm³/mol. The molecule has 0 radical (unpaired) electrons. The second-order valence-corrected chi connectivity index (χ2v) is 6.71. The molecule has 0 aromatic carbocycles. The van der Waals surface area contributed by atoms with Crippen molar-refractivity contribution in [2.24, 2.45) is 0 Å². The quantitative estimate of drug-likeness (QED) is 0.560. The van der Waals surface area contributed by atoms with Crippen LogP contribution in [0, 0.1) is 0 Å². The van der Waals surface area contributed by atoms with Crippen LogP contribution in [0.1, 0.15) is 38.1 Å². The molecule has 1 saturated carbocycles. The van der Waals surface area contributed by atoms with Gasteiger partial charge in [-0.25, -0.2) is 4.98 Å². The van der Waals surface area contributed by atoms with Gasteiger partial charge in [-0.3, -0.25) is 4.98 Å². The maximum absolute atomic E-state index is 4.62. The summed E-state index contributed by atoms with van der Waals surface area (Å²) < 4.78 is 2.54. The van der Waals surface area contributed by atoms with Gasteiger partial charge >= 0.3 is 0 Å². The summed E-state index contributed by atoms with van der Waals surface area (Å²) in [4.78, 5) is 12.4. The van der Waals surface area contributed by atoms with E-state index in [0.717, 1.165) is 11.3 Å². The number of hydrogen-bond acceptors (Lipinski definition) is 2. The van der Waals surface area contributed by atoms with Gasteiger partial charge in [-0.2, -0.15) is 0 Å². The number of nitrogens with one attached hydrogen (secondary N) is 1. The van der Waals surface area contributed by atoms with Crippen LogP contribution in [0.15, 0.2) is 48.9 Å². The Morgan fingerprint density at radius 1 is 1.04 bits per heavy atom. The fraction of sp³-hybridized carbons (Fsp3) is 0.300. The molecular weight excluding hydrogens is 296 g/mol. The van der Waals surface area contributed by atoms with E-state index in [2.05, 4.69) is 43.8 Å². The Labute approximate surface area is 140 Å². The molecule has 1 N–H and O–H groups in total. The van der Waals surface area contributed by atoms with E-state index in [1.807, 2.05) is 24.7 Å². The third-order valence-electron chi connectivity index (χ3n) is 5.25. The number of pyridine rings is 2. The highest BCUT2D eigenvalue weighted by atomic mass is 15.0. The summed E-state index contributed by atoms with van der Waals surface area (Å²) >= 11 is 0. The Morgan fingerprint density at radius 2 is 1.96 bits per heavy atom.